The molecule has 5 heteroatoms. The van der Waals surface area contributed by atoms with Crippen molar-refractivity contribution in [1.29, 1.82) is 0 Å². The van der Waals surface area contributed by atoms with Gasteiger partial charge in [0.15, 0.2) is 0 Å². The van der Waals surface area contributed by atoms with E-state index in [4.69, 9.17) is 0 Å². The molecule has 0 fully saturated rings. The maximum atomic E-state index is 13.1. The van der Waals surface area contributed by atoms with Crippen LogP contribution in [0.25, 0.3) is 0 Å². The summed E-state index contributed by atoms with van der Waals surface area (Å²) in [5.74, 6) is -0.250. The Labute approximate surface area is 104 Å². The predicted molar refractivity (Wildman–Crippen MR) is 64.4 cm³/mol. The van der Waals surface area contributed by atoms with Crippen LogP contribution in [0.15, 0.2) is 41.8 Å². The molecular formula is C13H12FN3O. The highest BCUT2D eigenvalue weighted by molar-refractivity contribution is 5.32. The van der Waals surface area contributed by atoms with E-state index in [9.17, 15) is 9.18 Å². The van der Waals surface area contributed by atoms with Crippen LogP contribution in [-0.4, -0.2) is 22.2 Å². The molecule has 0 aliphatic heterocycles. The quantitative estimate of drug-likeness (QED) is 0.597. The highest BCUT2D eigenvalue weighted by atomic mass is 19.1. The number of imidazole rings is 1. The molecule has 0 atom stereocenters. The second-order valence-electron chi connectivity index (χ2n) is 3.87. The van der Waals surface area contributed by atoms with Gasteiger partial charge in [0.05, 0.1) is 12.9 Å². The third kappa shape index (κ3) is 3.12. The molecule has 0 N–H and O–H groups in total. The van der Waals surface area contributed by atoms with Crippen LogP contribution in [-0.2, 0) is 17.8 Å². The SMILES string of the molecule is O=C=NCCc1cncn1Cc1cccc(F)c1. The second-order valence-corrected chi connectivity index (χ2v) is 3.87. The normalized spacial score (nSPS) is 10.1. The monoisotopic (exact) mass is 245 g/mol. The van der Waals surface area contributed by atoms with E-state index >= 15 is 0 Å². The minimum absolute atomic E-state index is 0.250. The number of rotatable bonds is 5. The topological polar surface area (TPSA) is 47.2 Å². The average Bonchev–Trinajstić information content (AvgIpc) is 2.77. The van der Waals surface area contributed by atoms with Gasteiger partial charge in [0.1, 0.15) is 5.82 Å². The molecular weight excluding hydrogens is 233 g/mol. The molecule has 0 aliphatic carbocycles. The van der Waals surface area contributed by atoms with Crippen LogP contribution in [0.1, 0.15) is 11.3 Å². The number of hydrogen-bond acceptors (Lipinski definition) is 3. The van der Waals surface area contributed by atoms with Gasteiger partial charge >= 0.3 is 0 Å². The summed E-state index contributed by atoms with van der Waals surface area (Å²) in [5.41, 5.74) is 1.83. The summed E-state index contributed by atoms with van der Waals surface area (Å²) >= 11 is 0. The lowest BCUT2D eigenvalue weighted by Crippen LogP contribution is -2.04. The Morgan fingerprint density at radius 2 is 2.33 bits per heavy atom. The lowest BCUT2D eigenvalue weighted by molar-refractivity contribution is 0.562. The maximum Gasteiger partial charge on any atom is 0.234 e. The van der Waals surface area contributed by atoms with Gasteiger partial charge in [-0.05, 0) is 17.7 Å². The number of carbonyl (C=O) groups excluding carboxylic acids is 1. The van der Waals surface area contributed by atoms with Gasteiger partial charge in [-0.3, -0.25) is 0 Å². The average molecular weight is 245 g/mol. The zero-order valence-electron chi connectivity index (χ0n) is 9.71. The fourth-order valence-corrected chi connectivity index (χ4v) is 1.75. The van der Waals surface area contributed by atoms with Crippen LogP contribution in [0, 0.1) is 5.82 Å². The van der Waals surface area contributed by atoms with Crippen molar-refractivity contribution in [2.75, 3.05) is 6.54 Å². The first-order chi connectivity index (χ1) is 8.79. The Morgan fingerprint density at radius 1 is 1.44 bits per heavy atom. The number of nitrogens with zero attached hydrogens (tertiary/aromatic N) is 3. The smallest absolute Gasteiger partial charge is 0.234 e. The van der Waals surface area contributed by atoms with Crippen LogP contribution in [0.2, 0.25) is 0 Å². The molecule has 2 aromatic rings. The molecule has 92 valence electrons. The van der Waals surface area contributed by atoms with E-state index in [2.05, 4.69) is 9.98 Å². The van der Waals surface area contributed by atoms with Gasteiger partial charge in [0.25, 0.3) is 0 Å². The van der Waals surface area contributed by atoms with Crippen LogP contribution in [0.3, 0.4) is 0 Å². The molecule has 1 heterocycles. The molecule has 4 nitrogen and oxygen atoms in total. The van der Waals surface area contributed by atoms with Crippen molar-refractivity contribution in [2.24, 2.45) is 4.99 Å². The molecule has 0 spiro atoms. The Balaban J connectivity index is 2.09. The van der Waals surface area contributed by atoms with Gasteiger partial charge in [-0.1, -0.05) is 12.1 Å². The Bertz CT molecular complexity index is 573. The lowest BCUT2D eigenvalue weighted by Gasteiger charge is -2.07. The van der Waals surface area contributed by atoms with E-state index < -0.39 is 0 Å². The van der Waals surface area contributed by atoms with Crippen molar-refractivity contribution in [3.8, 4) is 0 Å². The zero-order valence-corrected chi connectivity index (χ0v) is 9.71. The number of hydrogen-bond donors (Lipinski definition) is 0. The van der Waals surface area contributed by atoms with Crippen molar-refractivity contribution in [3.63, 3.8) is 0 Å². The molecule has 0 amide bonds. The number of aromatic nitrogens is 2. The van der Waals surface area contributed by atoms with Crippen molar-refractivity contribution >= 4 is 6.08 Å². The van der Waals surface area contributed by atoms with Gasteiger partial charge < -0.3 is 4.57 Å². The Hall–Kier alpha value is -2.26. The van der Waals surface area contributed by atoms with Gasteiger partial charge in [-0.15, -0.1) is 0 Å². The number of aliphatic imine (C=N–C) groups is 1. The van der Waals surface area contributed by atoms with Gasteiger partial charge in [-0.25, -0.2) is 19.2 Å². The molecule has 1 aromatic carbocycles. The van der Waals surface area contributed by atoms with Crippen LogP contribution < -0.4 is 0 Å². The van der Waals surface area contributed by atoms with Crippen molar-refractivity contribution in [3.05, 3.63) is 53.9 Å². The first-order valence-electron chi connectivity index (χ1n) is 5.56. The van der Waals surface area contributed by atoms with E-state index in [0.717, 1.165) is 11.3 Å². The van der Waals surface area contributed by atoms with Crippen LogP contribution in [0.4, 0.5) is 4.39 Å². The van der Waals surface area contributed by atoms with Crippen molar-refractivity contribution < 1.29 is 9.18 Å². The fourth-order valence-electron chi connectivity index (χ4n) is 1.75. The summed E-state index contributed by atoms with van der Waals surface area (Å²) in [6.45, 7) is 0.941. The summed E-state index contributed by atoms with van der Waals surface area (Å²) in [6, 6.07) is 6.44. The number of isocyanates is 1. The molecule has 1 aromatic heterocycles. The number of halogens is 1. The highest BCUT2D eigenvalue weighted by Crippen LogP contribution is 2.08. The molecule has 0 bridgehead atoms. The molecule has 2 rings (SSSR count). The third-order valence-electron chi connectivity index (χ3n) is 2.58. The Kier molecular flexibility index (Phi) is 3.99. The van der Waals surface area contributed by atoms with Crippen molar-refractivity contribution in [1.82, 2.24) is 9.55 Å². The van der Waals surface area contributed by atoms with Gasteiger partial charge in [-0.2, -0.15) is 0 Å². The van der Waals surface area contributed by atoms with E-state index in [-0.39, 0.29) is 5.82 Å². The fraction of sp³-hybridized carbons (Fsp3) is 0.231. The molecule has 18 heavy (non-hydrogen) atoms. The summed E-state index contributed by atoms with van der Waals surface area (Å²) in [6.07, 6.45) is 5.53. The van der Waals surface area contributed by atoms with E-state index in [1.807, 2.05) is 10.6 Å². The van der Waals surface area contributed by atoms with E-state index in [1.165, 1.54) is 18.2 Å². The summed E-state index contributed by atoms with van der Waals surface area (Å²) in [4.78, 5) is 17.5. The van der Waals surface area contributed by atoms with Crippen LogP contribution in [0.5, 0.6) is 0 Å². The molecule has 0 radical (unpaired) electrons. The molecule has 0 saturated heterocycles. The zero-order chi connectivity index (χ0) is 12.8. The third-order valence-corrected chi connectivity index (χ3v) is 2.58. The minimum Gasteiger partial charge on any atom is -0.330 e. The number of benzene rings is 1. The van der Waals surface area contributed by atoms with Crippen molar-refractivity contribution in [2.45, 2.75) is 13.0 Å². The highest BCUT2D eigenvalue weighted by Gasteiger charge is 2.03. The van der Waals surface area contributed by atoms with Gasteiger partial charge in [0.2, 0.25) is 6.08 Å². The largest absolute Gasteiger partial charge is 0.330 e. The van der Waals surface area contributed by atoms with E-state index in [0.29, 0.717) is 19.5 Å². The molecule has 0 saturated carbocycles. The minimum atomic E-state index is -0.250. The first-order valence-corrected chi connectivity index (χ1v) is 5.56. The predicted octanol–water partition coefficient (Wildman–Crippen LogP) is 1.95. The standard InChI is InChI=1S/C13H12FN3O/c14-12-3-1-2-11(6-12)8-17-9-16-7-13(17)4-5-15-10-18/h1-3,6-7,9H,4-5,8H2. The van der Waals surface area contributed by atoms with Gasteiger partial charge in [0, 0.05) is 24.9 Å². The second kappa shape index (κ2) is 5.89. The molecule has 0 aliphatic rings. The maximum absolute atomic E-state index is 13.1. The van der Waals surface area contributed by atoms with E-state index in [1.54, 1.807) is 18.6 Å². The summed E-state index contributed by atoms with van der Waals surface area (Å²) in [5, 5.41) is 0. The Morgan fingerprint density at radius 3 is 3.11 bits per heavy atom. The lowest BCUT2D eigenvalue weighted by atomic mass is 10.2. The first kappa shape index (κ1) is 12.2. The van der Waals surface area contributed by atoms with Crippen LogP contribution >= 0.6 is 0 Å². The summed E-state index contributed by atoms with van der Waals surface area (Å²) in [7, 11) is 0. The molecule has 0 unspecified atom stereocenters. The summed E-state index contributed by atoms with van der Waals surface area (Å²) < 4.78 is 15.0.